The first-order valence-electron chi connectivity index (χ1n) is 11.8. The number of rotatable bonds is 3. The summed E-state index contributed by atoms with van der Waals surface area (Å²) in [4.78, 5) is 0. The van der Waals surface area contributed by atoms with Gasteiger partial charge in [0.1, 0.15) is 28.3 Å². The minimum absolute atomic E-state index is 0.0627. The number of furan rings is 1. The van der Waals surface area contributed by atoms with Crippen LogP contribution in [0.4, 0.5) is 0 Å². The summed E-state index contributed by atoms with van der Waals surface area (Å²) in [7, 11) is 0. The molecule has 2 aliphatic rings. The van der Waals surface area contributed by atoms with Crippen molar-refractivity contribution in [1.29, 1.82) is 0 Å². The van der Waals surface area contributed by atoms with Gasteiger partial charge in [0.05, 0.1) is 0 Å². The molecule has 0 fully saturated rings. The molecule has 5 aromatic rings. The van der Waals surface area contributed by atoms with E-state index in [0.29, 0.717) is 5.75 Å². The lowest BCUT2D eigenvalue weighted by Gasteiger charge is -2.34. The summed E-state index contributed by atoms with van der Waals surface area (Å²) < 4.78 is 14.6. The molecule has 1 N–H and O–H groups in total. The van der Waals surface area contributed by atoms with E-state index in [2.05, 4.69) is 62.2 Å². The number of para-hydroxylation sites is 3. The number of hydrogen-bond acceptors (Lipinski definition) is 3. The Labute approximate surface area is 225 Å². The number of hydrogen-bond donors (Lipinski definition) is 1. The predicted octanol–water partition coefficient (Wildman–Crippen LogP) is 8.94. The topological polar surface area (TPSA) is 42.6 Å². The summed E-state index contributed by atoms with van der Waals surface area (Å²) in [5.74, 6) is 1.03. The maximum atomic E-state index is 12.8. The van der Waals surface area contributed by atoms with Gasteiger partial charge >= 0.3 is 0 Å². The molecule has 36 heavy (non-hydrogen) atoms. The first kappa shape index (κ1) is 22.1. The van der Waals surface area contributed by atoms with Gasteiger partial charge in [-0.1, -0.05) is 105 Å². The van der Waals surface area contributed by atoms with Gasteiger partial charge in [-0.05, 0) is 35.9 Å². The number of benzene rings is 4. The number of ether oxygens (including phenoxy) is 1. The molecule has 1 aromatic heterocycles. The van der Waals surface area contributed by atoms with Crippen molar-refractivity contribution in [3.63, 3.8) is 0 Å². The van der Waals surface area contributed by atoms with Crippen LogP contribution in [0.3, 0.4) is 0 Å². The monoisotopic (exact) mass is 598 g/mol. The minimum atomic E-state index is -1.34. The molecule has 4 aromatic carbocycles. The summed E-state index contributed by atoms with van der Waals surface area (Å²) in [6.07, 6.45) is 6.32. The molecule has 3 unspecified atom stereocenters. The van der Waals surface area contributed by atoms with E-state index in [4.69, 9.17) is 9.15 Å². The third-order valence-corrected chi connectivity index (χ3v) is 8.48. The van der Waals surface area contributed by atoms with E-state index >= 15 is 0 Å². The molecule has 0 amide bonds. The molecule has 1 heterocycles. The molecule has 0 bridgehead atoms. The number of fused-ring (bicyclic) bond motifs is 7. The average molecular weight is 600 g/mol. The largest absolute Gasteiger partial charge is 0.457 e. The molecular weight excluding hydrogens is 580 g/mol. The van der Waals surface area contributed by atoms with Crippen molar-refractivity contribution in [2.45, 2.75) is 11.5 Å². The highest BCUT2D eigenvalue weighted by molar-refractivity contribution is 9.12. The molecule has 7 rings (SSSR count). The zero-order valence-corrected chi connectivity index (χ0v) is 22.2. The van der Waals surface area contributed by atoms with Gasteiger partial charge in [-0.3, -0.25) is 0 Å². The summed E-state index contributed by atoms with van der Waals surface area (Å²) in [5, 5.41) is 14.9. The molecule has 3 nitrogen and oxygen atoms in total. The highest BCUT2D eigenvalue weighted by Gasteiger charge is 2.54. The van der Waals surface area contributed by atoms with E-state index in [1.165, 1.54) is 0 Å². The molecule has 2 aliphatic carbocycles. The molecule has 0 saturated carbocycles. The van der Waals surface area contributed by atoms with E-state index in [9.17, 15) is 5.11 Å². The number of allylic oxidation sites excluding steroid dienone is 3. The van der Waals surface area contributed by atoms with Crippen molar-refractivity contribution in [2.75, 3.05) is 0 Å². The second-order valence-electron chi connectivity index (χ2n) is 9.26. The van der Waals surface area contributed by atoms with E-state index in [1.54, 1.807) is 0 Å². The van der Waals surface area contributed by atoms with E-state index in [-0.39, 0.29) is 11.8 Å². The molecule has 0 radical (unpaired) electrons. The minimum Gasteiger partial charge on any atom is -0.457 e. The van der Waals surface area contributed by atoms with Crippen molar-refractivity contribution in [3.8, 4) is 11.5 Å². The third kappa shape index (κ3) is 3.13. The molecule has 5 heteroatoms. The van der Waals surface area contributed by atoms with Crippen LogP contribution in [0.25, 0.3) is 21.9 Å². The van der Waals surface area contributed by atoms with Crippen LogP contribution in [0.5, 0.6) is 11.5 Å². The highest BCUT2D eigenvalue weighted by Crippen LogP contribution is 2.60. The quantitative estimate of drug-likeness (QED) is 0.225. The Morgan fingerprint density at radius 2 is 1.61 bits per heavy atom. The van der Waals surface area contributed by atoms with Crippen molar-refractivity contribution in [3.05, 3.63) is 129 Å². The summed E-state index contributed by atoms with van der Waals surface area (Å²) in [6.45, 7) is 0. The fourth-order valence-electron chi connectivity index (χ4n) is 5.81. The van der Waals surface area contributed by atoms with Crippen LogP contribution in [0, 0.1) is 5.92 Å². The summed E-state index contributed by atoms with van der Waals surface area (Å²) in [5.41, 5.74) is 2.85. The Kier molecular flexibility index (Phi) is 5.04. The molecule has 0 spiro atoms. The standard InChI is InChI=1S/C31H20Br2O3/c32-18-14-15-20-23(16-18)31(34,22-11-5-7-13-27(22)35-19-8-2-1-3-9-19)24-17-25(33)29-21-10-4-6-12-26(21)36-30(29)28(20)24/h1-17,20,23,34H. The Morgan fingerprint density at radius 3 is 2.47 bits per heavy atom. The van der Waals surface area contributed by atoms with Gasteiger partial charge in [0.15, 0.2) is 0 Å². The smallest absolute Gasteiger partial charge is 0.140 e. The lowest BCUT2D eigenvalue weighted by atomic mass is 9.76. The van der Waals surface area contributed by atoms with Crippen LogP contribution in [-0.4, -0.2) is 5.11 Å². The van der Waals surface area contributed by atoms with Gasteiger partial charge in [-0.25, -0.2) is 0 Å². The summed E-state index contributed by atoms with van der Waals surface area (Å²) >= 11 is 7.47. The number of halogens is 2. The Hall–Kier alpha value is -3.12. The molecule has 0 saturated heterocycles. The van der Waals surface area contributed by atoms with Crippen LogP contribution in [-0.2, 0) is 5.60 Å². The lowest BCUT2D eigenvalue weighted by molar-refractivity contribution is 0.0431. The van der Waals surface area contributed by atoms with Crippen LogP contribution in [0.15, 0.2) is 117 Å². The van der Waals surface area contributed by atoms with E-state index < -0.39 is 5.60 Å². The zero-order chi connectivity index (χ0) is 24.4. The molecular formula is C31H20Br2O3. The van der Waals surface area contributed by atoms with Crippen molar-refractivity contribution >= 4 is 53.8 Å². The van der Waals surface area contributed by atoms with Crippen LogP contribution in [0.2, 0.25) is 0 Å². The predicted molar refractivity (Wildman–Crippen MR) is 150 cm³/mol. The second kappa shape index (κ2) is 8.20. The van der Waals surface area contributed by atoms with Gasteiger partial charge in [-0.15, -0.1) is 0 Å². The highest BCUT2D eigenvalue weighted by atomic mass is 79.9. The van der Waals surface area contributed by atoms with E-state index in [1.807, 2.05) is 72.8 Å². The van der Waals surface area contributed by atoms with Gasteiger partial charge in [0, 0.05) is 42.7 Å². The zero-order valence-electron chi connectivity index (χ0n) is 19.0. The second-order valence-corrected chi connectivity index (χ2v) is 11.0. The maximum Gasteiger partial charge on any atom is 0.140 e. The van der Waals surface area contributed by atoms with Crippen molar-refractivity contribution in [1.82, 2.24) is 0 Å². The maximum absolute atomic E-state index is 12.8. The first-order valence-corrected chi connectivity index (χ1v) is 13.4. The van der Waals surface area contributed by atoms with Crippen molar-refractivity contribution < 1.29 is 14.3 Å². The molecule has 3 atom stereocenters. The van der Waals surface area contributed by atoms with Crippen LogP contribution >= 0.6 is 31.9 Å². The van der Waals surface area contributed by atoms with Crippen molar-refractivity contribution in [2.24, 2.45) is 5.92 Å². The fraction of sp³-hybridized carbons (Fsp3) is 0.0968. The van der Waals surface area contributed by atoms with Crippen LogP contribution < -0.4 is 4.74 Å². The average Bonchev–Trinajstić information content (AvgIpc) is 3.40. The van der Waals surface area contributed by atoms with Gasteiger partial charge in [0.25, 0.3) is 0 Å². The first-order chi connectivity index (χ1) is 17.6. The lowest BCUT2D eigenvalue weighted by Crippen LogP contribution is -2.33. The summed E-state index contributed by atoms with van der Waals surface area (Å²) in [6, 6.07) is 27.6. The Morgan fingerprint density at radius 1 is 0.861 bits per heavy atom. The number of aliphatic hydroxyl groups is 1. The SMILES string of the molecule is OC1(c2ccccc2Oc2ccccc2)c2cc(Br)c3c(oc4ccccc43)c2C2C=CC(Br)=CC21. The Balaban J connectivity index is 1.52. The van der Waals surface area contributed by atoms with Gasteiger partial charge < -0.3 is 14.3 Å². The van der Waals surface area contributed by atoms with E-state index in [0.717, 1.165) is 53.3 Å². The molecule has 176 valence electrons. The van der Waals surface area contributed by atoms with Gasteiger partial charge in [-0.2, -0.15) is 0 Å². The molecule has 0 aliphatic heterocycles. The third-order valence-electron chi connectivity index (χ3n) is 7.32. The normalized spacial score (nSPS) is 22.5. The van der Waals surface area contributed by atoms with Gasteiger partial charge in [0.2, 0.25) is 0 Å². The van der Waals surface area contributed by atoms with Crippen LogP contribution in [0.1, 0.15) is 22.6 Å². The fourth-order valence-corrected chi connectivity index (χ4v) is 6.87. The Bertz CT molecular complexity index is 1720.